The summed E-state index contributed by atoms with van der Waals surface area (Å²) in [6.45, 7) is 0. The van der Waals surface area contributed by atoms with Crippen molar-refractivity contribution in [3.8, 4) is 0 Å². The number of benzene rings is 2. The maximum Gasteiger partial charge on any atom is 0.132 e. The van der Waals surface area contributed by atoms with E-state index < -0.39 is 5.77 Å². The molecule has 5 heteroatoms. The third-order valence-corrected chi connectivity index (χ3v) is 7.28. The SMILES string of the molecule is O=P([O-])(Sc1ccccc1)Sc1ccccc1. The molecule has 2 nitrogen and oxygen atoms in total. The van der Waals surface area contributed by atoms with Crippen molar-refractivity contribution in [2.45, 2.75) is 9.79 Å². The van der Waals surface area contributed by atoms with Gasteiger partial charge in [0.05, 0.1) is 0 Å². The monoisotopic (exact) mass is 281 g/mol. The lowest BCUT2D eigenvalue weighted by Crippen LogP contribution is -1.91. The normalized spacial score (nSPS) is 11.4. The van der Waals surface area contributed by atoms with Gasteiger partial charge in [-0.3, -0.25) is 0 Å². The average Bonchev–Trinajstić information content (AvgIpc) is 2.30. The summed E-state index contributed by atoms with van der Waals surface area (Å²) in [7, 11) is 0. The second-order valence-electron chi connectivity index (χ2n) is 3.26. The molecular formula is C12H10O2PS2-. The Morgan fingerprint density at radius 3 is 1.47 bits per heavy atom. The lowest BCUT2D eigenvalue weighted by atomic mass is 10.4. The Morgan fingerprint density at radius 1 is 0.765 bits per heavy atom. The predicted octanol–water partition coefficient (Wildman–Crippen LogP) is 4.04. The molecule has 0 aromatic heterocycles. The van der Waals surface area contributed by atoms with Gasteiger partial charge in [0, 0.05) is 9.79 Å². The molecule has 88 valence electrons. The van der Waals surface area contributed by atoms with Crippen LogP contribution in [0.2, 0.25) is 0 Å². The molecule has 2 aromatic rings. The van der Waals surface area contributed by atoms with E-state index in [2.05, 4.69) is 0 Å². The van der Waals surface area contributed by atoms with Gasteiger partial charge < -0.3 is 9.46 Å². The van der Waals surface area contributed by atoms with Gasteiger partial charge in [-0.25, -0.2) is 0 Å². The van der Waals surface area contributed by atoms with Crippen molar-refractivity contribution >= 4 is 28.5 Å². The molecule has 0 N–H and O–H groups in total. The lowest BCUT2D eigenvalue weighted by molar-refractivity contribution is -0.160. The lowest BCUT2D eigenvalue weighted by Gasteiger charge is -2.21. The number of hydrogen-bond donors (Lipinski definition) is 0. The summed E-state index contributed by atoms with van der Waals surface area (Å²) in [5, 5.41) is 0. The Bertz CT molecular complexity index is 471. The first-order valence-electron chi connectivity index (χ1n) is 4.96. The van der Waals surface area contributed by atoms with Crippen LogP contribution in [0.4, 0.5) is 0 Å². The Labute approximate surface area is 108 Å². The fourth-order valence-corrected chi connectivity index (χ4v) is 6.63. The van der Waals surface area contributed by atoms with Crippen molar-refractivity contribution in [3.05, 3.63) is 60.7 Å². The van der Waals surface area contributed by atoms with Crippen molar-refractivity contribution < 1.29 is 9.46 Å². The third kappa shape index (κ3) is 4.25. The van der Waals surface area contributed by atoms with Crippen LogP contribution < -0.4 is 4.89 Å². The molecule has 0 heterocycles. The van der Waals surface area contributed by atoms with Crippen LogP contribution in [0, 0.1) is 0 Å². The Morgan fingerprint density at radius 2 is 1.12 bits per heavy atom. The minimum atomic E-state index is -3.55. The van der Waals surface area contributed by atoms with Gasteiger partial charge in [0.15, 0.2) is 0 Å². The van der Waals surface area contributed by atoms with E-state index in [1.807, 2.05) is 36.4 Å². The van der Waals surface area contributed by atoms with Crippen molar-refractivity contribution in [1.29, 1.82) is 0 Å². The fraction of sp³-hybridized carbons (Fsp3) is 0. The first kappa shape index (κ1) is 12.8. The van der Waals surface area contributed by atoms with Gasteiger partial charge >= 0.3 is 0 Å². The number of rotatable bonds is 4. The molecule has 17 heavy (non-hydrogen) atoms. The second-order valence-corrected chi connectivity index (χ2v) is 10.1. The summed E-state index contributed by atoms with van der Waals surface area (Å²) in [5.41, 5.74) is 0. The fourth-order valence-electron chi connectivity index (χ4n) is 1.24. The maximum absolute atomic E-state index is 11.9. The summed E-state index contributed by atoms with van der Waals surface area (Å²) in [6, 6.07) is 18.2. The second kappa shape index (κ2) is 5.78. The zero-order valence-corrected chi connectivity index (χ0v) is 11.4. The van der Waals surface area contributed by atoms with E-state index in [4.69, 9.17) is 0 Å². The van der Waals surface area contributed by atoms with Gasteiger partial charge in [-0.1, -0.05) is 59.2 Å². The van der Waals surface area contributed by atoms with Crippen LogP contribution in [0.5, 0.6) is 0 Å². The van der Waals surface area contributed by atoms with Crippen molar-refractivity contribution in [1.82, 2.24) is 0 Å². The van der Waals surface area contributed by atoms with E-state index in [-0.39, 0.29) is 0 Å². The predicted molar refractivity (Wildman–Crippen MR) is 72.2 cm³/mol. The smallest absolute Gasteiger partial charge is 0.132 e. The molecule has 0 aliphatic heterocycles. The van der Waals surface area contributed by atoms with E-state index in [1.54, 1.807) is 24.3 Å². The highest BCUT2D eigenvalue weighted by molar-refractivity contribution is 8.88. The molecule has 0 bridgehead atoms. The molecule has 0 radical (unpaired) electrons. The highest BCUT2D eigenvalue weighted by atomic mass is 33.1. The average molecular weight is 281 g/mol. The van der Waals surface area contributed by atoms with Crippen LogP contribution in [-0.4, -0.2) is 0 Å². The van der Waals surface area contributed by atoms with Gasteiger partial charge in [-0.2, -0.15) is 0 Å². The molecule has 0 unspecified atom stereocenters. The first-order chi connectivity index (χ1) is 8.16. The Balaban J connectivity index is 2.07. The summed E-state index contributed by atoms with van der Waals surface area (Å²) in [5.74, 6) is -3.55. The van der Waals surface area contributed by atoms with Gasteiger partial charge in [-0.05, 0) is 24.3 Å². The number of hydrogen-bond acceptors (Lipinski definition) is 4. The Kier molecular flexibility index (Phi) is 4.35. The van der Waals surface area contributed by atoms with Crippen molar-refractivity contribution in [2.24, 2.45) is 0 Å². The quantitative estimate of drug-likeness (QED) is 0.793. The maximum atomic E-state index is 11.9. The van der Waals surface area contributed by atoms with Crippen LogP contribution in [0.15, 0.2) is 70.5 Å². The Hall–Kier alpha value is -0.670. The molecule has 0 saturated heterocycles. The molecule has 0 aliphatic rings. The van der Waals surface area contributed by atoms with Crippen molar-refractivity contribution in [3.63, 3.8) is 0 Å². The first-order valence-corrected chi connectivity index (χ1v) is 9.43. The van der Waals surface area contributed by atoms with Gasteiger partial charge in [0.25, 0.3) is 0 Å². The van der Waals surface area contributed by atoms with Crippen LogP contribution in [0.1, 0.15) is 0 Å². The van der Waals surface area contributed by atoms with E-state index in [0.29, 0.717) is 0 Å². The van der Waals surface area contributed by atoms with E-state index in [1.165, 1.54) is 0 Å². The summed E-state index contributed by atoms with van der Waals surface area (Å²) in [4.78, 5) is 13.4. The minimum Gasteiger partial charge on any atom is -0.783 e. The molecule has 0 saturated carbocycles. The highest BCUT2D eigenvalue weighted by Crippen LogP contribution is 2.66. The van der Waals surface area contributed by atoms with Crippen LogP contribution in [-0.2, 0) is 4.57 Å². The molecule has 0 amide bonds. The summed E-state index contributed by atoms with van der Waals surface area (Å²) < 4.78 is 11.9. The molecular weight excluding hydrogens is 271 g/mol. The van der Waals surface area contributed by atoms with E-state index >= 15 is 0 Å². The minimum absolute atomic E-state index is 0.745. The highest BCUT2D eigenvalue weighted by Gasteiger charge is 2.11. The van der Waals surface area contributed by atoms with Crippen LogP contribution in [0.25, 0.3) is 0 Å². The largest absolute Gasteiger partial charge is 0.783 e. The molecule has 2 rings (SSSR count). The topological polar surface area (TPSA) is 40.1 Å². The zero-order chi connectivity index (χ0) is 12.1. The summed E-state index contributed by atoms with van der Waals surface area (Å²) in [6.07, 6.45) is 0. The third-order valence-electron chi connectivity index (χ3n) is 1.92. The molecule has 0 atom stereocenters. The molecule has 0 fully saturated rings. The van der Waals surface area contributed by atoms with Gasteiger partial charge in [-0.15, -0.1) is 0 Å². The standard InChI is InChI=1S/C12H11O2PS2/c13-15(14,16-11-7-3-1-4-8-11)17-12-9-5-2-6-10-12/h1-10H,(H,13,14)/p-1. The zero-order valence-electron chi connectivity index (χ0n) is 8.85. The molecule has 2 aromatic carbocycles. The molecule has 0 aliphatic carbocycles. The van der Waals surface area contributed by atoms with E-state index in [0.717, 1.165) is 32.6 Å². The van der Waals surface area contributed by atoms with Gasteiger partial charge in [0.2, 0.25) is 0 Å². The van der Waals surface area contributed by atoms with E-state index in [9.17, 15) is 9.46 Å². The van der Waals surface area contributed by atoms with Gasteiger partial charge in [0.1, 0.15) is 5.77 Å². The molecule has 0 spiro atoms. The summed E-state index contributed by atoms with van der Waals surface area (Å²) >= 11 is 1.81. The van der Waals surface area contributed by atoms with Crippen LogP contribution in [0.3, 0.4) is 0 Å². The van der Waals surface area contributed by atoms with Crippen molar-refractivity contribution in [2.75, 3.05) is 0 Å². The van der Waals surface area contributed by atoms with Crippen LogP contribution >= 0.6 is 28.5 Å².